The lowest BCUT2D eigenvalue weighted by Gasteiger charge is -2.11. The molecule has 0 radical (unpaired) electrons. The lowest BCUT2D eigenvalue weighted by atomic mass is 10.1. The molecule has 3 aromatic carbocycles. The zero-order valence-corrected chi connectivity index (χ0v) is 17.3. The highest BCUT2D eigenvalue weighted by atomic mass is 16.5. The largest absolute Gasteiger partial charge is 0.496 e. The third kappa shape index (κ3) is 5.51. The summed E-state index contributed by atoms with van der Waals surface area (Å²) in [6.45, 7) is 1.99. The van der Waals surface area contributed by atoms with Gasteiger partial charge in [0, 0.05) is 0 Å². The van der Waals surface area contributed by atoms with Crippen LogP contribution >= 0.6 is 0 Å². The van der Waals surface area contributed by atoms with Gasteiger partial charge in [-0.3, -0.25) is 9.59 Å². The summed E-state index contributed by atoms with van der Waals surface area (Å²) in [5.74, 6) is 0.309. The molecule has 0 unspecified atom stereocenters. The standard InChI is InChI=1S/C23H23N3O5/c1-3-30-21-10-15(8-9-19(21)31-14-22(24)27)13-25-26-23(28)18-11-16-6-4-5-7-17(16)12-20(18)29-2/h4-13H,3,14H2,1-2H3,(H2,24,27)(H,26,28). The van der Waals surface area contributed by atoms with E-state index in [-0.39, 0.29) is 6.61 Å². The number of hydrazone groups is 1. The van der Waals surface area contributed by atoms with E-state index >= 15 is 0 Å². The van der Waals surface area contributed by atoms with Gasteiger partial charge in [0.15, 0.2) is 18.1 Å². The first-order chi connectivity index (χ1) is 15.0. The molecule has 160 valence electrons. The minimum Gasteiger partial charge on any atom is -0.496 e. The van der Waals surface area contributed by atoms with Crippen molar-refractivity contribution in [2.45, 2.75) is 6.92 Å². The summed E-state index contributed by atoms with van der Waals surface area (Å²) in [7, 11) is 1.52. The van der Waals surface area contributed by atoms with Crippen molar-refractivity contribution in [2.24, 2.45) is 10.8 Å². The number of carbonyl (C=O) groups is 2. The summed E-state index contributed by atoms with van der Waals surface area (Å²) in [5.41, 5.74) is 8.67. The Balaban J connectivity index is 1.75. The van der Waals surface area contributed by atoms with Crippen molar-refractivity contribution >= 4 is 28.8 Å². The van der Waals surface area contributed by atoms with Crippen molar-refractivity contribution in [3.63, 3.8) is 0 Å². The predicted molar refractivity (Wildman–Crippen MR) is 118 cm³/mol. The van der Waals surface area contributed by atoms with E-state index in [0.29, 0.717) is 35.0 Å². The molecule has 8 heteroatoms. The number of ether oxygens (including phenoxy) is 3. The summed E-state index contributed by atoms with van der Waals surface area (Å²) >= 11 is 0. The number of fused-ring (bicyclic) bond motifs is 1. The Morgan fingerprint density at radius 1 is 1.00 bits per heavy atom. The Labute approximate surface area is 179 Å². The Morgan fingerprint density at radius 2 is 1.74 bits per heavy atom. The zero-order chi connectivity index (χ0) is 22.2. The van der Waals surface area contributed by atoms with Crippen LogP contribution in [0.3, 0.4) is 0 Å². The lowest BCUT2D eigenvalue weighted by Crippen LogP contribution is -2.20. The number of hydrogen-bond donors (Lipinski definition) is 2. The minimum atomic E-state index is -0.583. The average Bonchev–Trinajstić information content (AvgIpc) is 2.77. The van der Waals surface area contributed by atoms with E-state index in [0.717, 1.165) is 10.8 Å². The molecule has 31 heavy (non-hydrogen) atoms. The van der Waals surface area contributed by atoms with E-state index in [1.54, 1.807) is 24.3 Å². The second-order valence-electron chi connectivity index (χ2n) is 6.49. The van der Waals surface area contributed by atoms with Gasteiger partial charge in [0.05, 0.1) is 25.5 Å². The Bertz CT molecular complexity index is 1130. The maximum absolute atomic E-state index is 12.6. The van der Waals surface area contributed by atoms with Gasteiger partial charge in [-0.15, -0.1) is 0 Å². The van der Waals surface area contributed by atoms with Gasteiger partial charge in [-0.25, -0.2) is 5.43 Å². The molecule has 0 fully saturated rings. The number of benzene rings is 3. The van der Waals surface area contributed by atoms with Gasteiger partial charge < -0.3 is 19.9 Å². The topological polar surface area (TPSA) is 112 Å². The van der Waals surface area contributed by atoms with Crippen molar-refractivity contribution in [1.29, 1.82) is 0 Å². The molecule has 3 rings (SSSR count). The third-order valence-corrected chi connectivity index (χ3v) is 4.33. The smallest absolute Gasteiger partial charge is 0.275 e. The number of primary amides is 1. The van der Waals surface area contributed by atoms with Crippen molar-refractivity contribution in [3.8, 4) is 17.2 Å². The van der Waals surface area contributed by atoms with Crippen LogP contribution in [0.25, 0.3) is 10.8 Å². The molecule has 3 N–H and O–H groups in total. The van der Waals surface area contributed by atoms with Gasteiger partial charge in [-0.05, 0) is 53.6 Å². The fraction of sp³-hybridized carbons (Fsp3) is 0.174. The molecule has 3 aromatic rings. The second kappa shape index (κ2) is 10.1. The number of carbonyl (C=O) groups excluding carboxylic acids is 2. The van der Waals surface area contributed by atoms with Crippen LogP contribution in [0.2, 0.25) is 0 Å². The summed E-state index contributed by atoms with van der Waals surface area (Å²) in [6, 6.07) is 16.3. The van der Waals surface area contributed by atoms with Gasteiger partial charge in [0.25, 0.3) is 11.8 Å². The predicted octanol–water partition coefficient (Wildman–Crippen LogP) is 2.88. The highest BCUT2D eigenvalue weighted by molar-refractivity contribution is 6.02. The molecule has 0 saturated heterocycles. The number of amides is 2. The molecule has 0 saturated carbocycles. The van der Waals surface area contributed by atoms with Crippen LogP contribution in [0.5, 0.6) is 17.2 Å². The first-order valence-corrected chi connectivity index (χ1v) is 9.60. The van der Waals surface area contributed by atoms with Crippen molar-refractivity contribution in [1.82, 2.24) is 5.43 Å². The maximum atomic E-state index is 12.6. The normalized spacial score (nSPS) is 10.8. The molecule has 0 aromatic heterocycles. The lowest BCUT2D eigenvalue weighted by molar-refractivity contribution is -0.119. The first kappa shape index (κ1) is 21.6. The van der Waals surface area contributed by atoms with E-state index in [9.17, 15) is 9.59 Å². The first-order valence-electron chi connectivity index (χ1n) is 9.60. The number of nitrogens with one attached hydrogen (secondary N) is 1. The van der Waals surface area contributed by atoms with Crippen LogP contribution in [0.4, 0.5) is 0 Å². The second-order valence-corrected chi connectivity index (χ2v) is 6.49. The quantitative estimate of drug-likeness (QED) is 0.408. The van der Waals surface area contributed by atoms with Crippen LogP contribution < -0.4 is 25.4 Å². The van der Waals surface area contributed by atoms with Crippen molar-refractivity contribution in [3.05, 3.63) is 65.7 Å². The fourth-order valence-corrected chi connectivity index (χ4v) is 2.93. The molecular formula is C23H23N3O5. The fourth-order valence-electron chi connectivity index (χ4n) is 2.93. The van der Waals surface area contributed by atoms with Crippen LogP contribution in [-0.2, 0) is 4.79 Å². The number of nitrogens with two attached hydrogens (primary N) is 1. The van der Waals surface area contributed by atoms with Crippen LogP contribution in [0.15, 0.2) is 59.7 Å². The Hall–Kier alpha value is -4.07. The molecule has 0 bridgehead atoms. The van der Waals surface area contributed by atoms with E-state index in [1.807, 2.05) is 37.3 Å². The summed E-state index contributed by atoms with van der Waals surface area (Å²) in [4.78, 5) is 23.6. The molecular weight excluding hydrogens is 398 g/mol. The number of rotatable bonds is 9. The van der Waals surface area contributed by atoms with Crippen molar-refractivity contribution < 1.29 is 23.8 Å². The summed E-state index contributed by atoms with van der Waals surface area (Å²) in [6.07, 6.45) is 1.48. The van der Waals surface area contributed by atoms with Crippen LogP contribution in [0.1, 0.15) is 22.8 Å². The molecule has 0 atom stereocenters. The summed E-state index contributed by atoms with van der Waals surface area (Å²) in [5, 5.41) is 5.92. The monoisotopic (exact) mass is 421 g/mol. The van der Waals surface area contributed by atoms with Gasteiger partial charge in [0.1, 0.15) is 5.75 Å². The molecule has 0 spiro atoms. The molecule has 0 aliphatic heterocycles. The summed E-state index contributed by atoms with van der Waals surface area (Å²) < 4.78 is 16.2. The minimum absolute atomic E-state index is 0.253. The van der Waals surface area contributed by atoms with Gasteiger partial charge >= 0.3 is 0 Å². The number of nitrogens with zero attached hydrogens (tertiary/aromatic N) is 1. The molecule has 8 nitrogen and oxygen atoms in total. The Morgan fingerprint density at radius 3 is 2.42 bits per heavy atom. The number of hydrogen-bond acceptors (Lipinski definition) is 6. The van der Waals surface area contributed by atoms with E-state index in [2.05, 4.69) is 10.5 Å². The van der Waals surface area contributed by atoms with Gasteiger partial charge in [-0.1, -0.05) is 24.3 Å². The van der Waals surface area contributed by atoms with Crippen LogP contribution in [-0.4, -0.2) is 38.4 Å². The van der Waals surface area contributed by atoms with Crippen LogP contribution in [0, 0.1) is 0 Å². The van der Waals surface area contributed by atoms with Gasteiger partial charge in [-0.2, -0.15) is 5.10 Å². The molecule has 0 aliphatic carbocycles. The number of methoxy groups -OCH3 is 1. The molecule has 2 amide bonds. The highest BCUT2D eigenvalue weighted by Crippen LogP contribution is 2.28. The molecule has 0 heterocycles. The van der Waals surface area contributed by atoms with E-state index in [1.165, 1.54) is 13.3 Å². The van der Waals surface area contributed by atoms with E-state index < -0.39 is 11.8 Å². The van der Waals surface area contributed by atoms with Crippen molar-refractivity contribution in [2.75, 3.05) is 20.3 Å². The van der Waals surface area contributed by atoms with E-state index in [4.69, 9.17) is 19.9 Å². The highest BCUT2D eigenvalue weighted by Gasteiger charge is 2.13. The third-order valence-electron chi connectivity index (χ3n) is 4.33. The zero-order valence-electron chi connectivity index (χ0n) is 17.3. The maximum Gasteiger partial charge on any atom is 0.275 e. The average molecular weight is 421 g/mol. The Kier molecular flexibility index (Phi) is 7.05. The molecule has 0 aliphatic rings. The van der Waals surface area contributed by atoms with Gasteiger partial charge in [0.2, 0.25) is 0 Å². The SMILES string of the molecule is CCOc1cc(C=NNC(=O)c2cc3ccccc3cc2OC)ccc1OCC(N)=O.